The first kappa shape index (κ1) is 106. The van der Waals surface area contributed by atoms with Gasteiger partial charge in [-0.1, -0.05) is 66.2 Å². The molecule has 0 aromatic heterocycles. The first-order chi connectivity index (χ1) is 53.8. The molecule has 0 bridgehead atoms. The minimum absolute atomic E-state index is 0.0367. The van der Waals surface area contributed by atoms with Gasteiger partial charge < -0.3 is 169 Å². The highest BCUT2D eigenvalue weighted by Gasteiger charge is 2.46. The van der Waals surface area contributed by atoms with E-state index in [9.17, 15) is 93.7 Å². The Balaban J connectivity index is 1.61. The number of hydrogen-bond acceptors (Lipinski definition) is 39. The number of phosphoric acid groups is 4. The zero-order valence-corrected chi connectivity index (χ0v) is 69.8. The summed E-state index contributed by atoms with van der Waals surface area (Å²) in [5.41, 5.74) is -1.56. The lowest BCUT2D eigenvalue weighted by Crippen LogP contribution is -2.64. The van der Waals surface area contributed by atoms with Crippen molar-refractivity contribution in [3.63, 3.8) is 0 Å². The number of carbonyl (C=O) groups excluding carboxylic acids is 1. The summed E-state index contributed by atoms with van der Waals surface area (Å²) < 4.78 is 161. The average Bonchev–Trinajstić information content (AvgIpc) is 0.825. The molecule has 3 saturated heterocycles. The van der Waals surface area contributed by atoms with E-state index < -0.39 is 200 Å². The molecule has 3 aliphatic rings. The fraction of sp³-hybridized carbons (Fsp3) is 0.986. The number of amides is 1. The Morgan fingerprint density at radius 3 is 1.03 bits per heavy atom. The summed E-state index contributed by atoms with van der Waals surface area (Å²) in [6.45, 7) is 4.68. The van der Waals surface area contributed by atoms with Crippen molar-refractivity contribution >= 4 is 37.2 Å². The van der Waals surface area contributed by atoms with E-state index in [-0.39, 0.29) is 131 Å². The Morgan fingerprint density at radius 1 is 0.381 bits per heavy atom. The van der Waals surface area contributed by atoms with Crippen LogP contribution in [0.15, 0.2) is 0 Å². The second-order valence-corrected chi connectivity index (χ2v) is 34.4. The Bertz CT molecular complexity index is 2520. The molecular weight excluding hydrogens is 1590 g/mol. The molecule has 20 atom stereocenters. The van der Waals surface area contributed by atoms with Gasteiger partial charge in [0.05, 0.1) is 130 Å². The van der Waals surface area contributed by atoms with E-state index in [1.807, 2.05) is 0 Å². The molecule has 0 saturated carbocycles. The van der Waals surface area contributed by atoms with Gasteiger partial charge in [-0.15, -0.1) is 0 Å². The van der Waals surface area contributed by atoms with Gasteiger partial charge in [-0.05, 0) is 83.0 Å². The van der Waals surface area contributed by atoms with Crippen LogP contribution in [0, 0.1) is 29.1 Å². The lowest BCUT2D eigenvalue weighted by atomic mass is 9.92. The van der Waals surface area contributed by atoms with Crippen LogP contribution in [0.4, 0.5) is 0 Å². The highest BCUT2D eigenvalue weighted by Crippen LogP contribution is 2.43. The molecule has 1 amide bonds. The van der Waals surface area contributed by atoms with Gasteiger partial charge in [0.1, 0.15) is 48.8 Å². The number of phosphoric ester groups is 4. The Labute approximate surface area is 664 Å². The molecule has 0 radical (unpaired) electrons. The summed E-state index contributed by atoms with van der Waals surface area (Å²) in [7, 11) is -19.6. The minimum atomic E-state index is -5.15. The van der Waals surface area contributed by atoms with E-state index in [1.165, 1.54) is 6.92 Å². The van der Waals surface area contributed by atoms with Crippen LogP contribution in [0.1, 0.15) is 150 Å². The van der Waals surface area contributed by atoms with Gasteiger partial charge in [0.2, 0.25) is 5.91 Å². The summed E-state index contributed by atoms with van der Waals surface area (Å²) in [6.07, 6.45) is -6.38. The van der Waals surface area contributed by atoms with Crippen LogP contribution in [0.2, 0.25) is 0 Å². The molecule has 40 nitrogen and oxygen atoms in total. The lowest BCUT2D eigenvalue weighted by Gasteiger charge is -2.42. The van der Waals surface area contributed by atoms with Gasteiger partial charge in [0.25, 0.3) is 31.3 Å². The molecule has 113 heavy (non-hydrogen) atoms. The number of aliphatic hydroxyl groups is 10. The van der Waals surface area contributed by atoms with Crippen LogP contribution in [0.5, 0.6) is 0 Å². The monoisotopic (exact) mass is 1720 g/mol. The fourth-order valence-electron chi connectivity index (χ4n) is 11.4. The number of ether oxygens (including phenoxy) is 12. The first-order valence-electron chi connectivity index (χ1n) is 39.3. The first-order valence-corrected chi connectivity index (χ1v) is 45.2. The quantitative estimate of drug-likeness (QED) is 0.0292. The smallest absolute Gasteiger partial charge is 0.267 e. The van der Waals surface area contributed by atoms with Crippen molar-refractivity contribution in [2.24, 2.45) is 29.1 Å². The Kier molecular flexibility index (Phi) is 56.9. The summed E-state index contributed by atoms with van der Waals surface area (Å²) in [4.78, 5) is 63.4. The van der Waals surface area contributed by atoms with E-state index in [0.717, 1.165) is 6.42 Å². The minimum Gasteiger partial charge on any atom is -0.756 e. The summed E-state index contributed by atoms with van der Waals surface area (Å²) in [5.74, 6) is -1.45. The molecule has 3 heterocycles. The zero-order valence-electron chi connectivity index (χ0n) is 66.2. The third kappa shape index (κ3) is 46.7. The highest BCUT2D eigenvalue weighted by atomic mass is 31.2. The van der Waals surface area contributed by atoms with Gasteiger partial charge in [-0.2, -0.15) is 0 Å². The van der Waals surface area contributed by atoms with Crippen molar-refractivity contribution in [3.8, 4) is 0 Å². The SMILES string of the molecule is CC(=O)N[C@H]1C(O)[C@@H](O)C(CO)O[C@H]1OCCCCCCOP(=O)([O-])OCCCOCC(COCCCOP(=O)([O-])OCCCCCCO[C@@H]1OC(CO)[C@H](O)C(O)[C@@H]1C)(COCCCOP(=O)([O-])OCCCCCCO[C@@H]1OC(CO)[C@H](O)C(O)[C@@H]1C)COP(=O)([O-])OCCCOCC(CO)COCCCOCCC(C)C. The van der Waals surface area contributed by atoms with Crippen LogP contribution in [0.3, 0.4) is 0 Å². The molecule has 3 fully saturated rings. The van der Waals surface area contributed by atoms with Crippen molar-refractivity contribution in [3.05, 3.63) is 0 Å². The largest absolute Gasteiger partial charge is 0.756 e. The summed E-state index contributed by atoms with van der Waals surface area (Å²) in [5, 5.41) is 102. The maximum absolute atomic E-state index is 13.4. The number of hydrogen-bond donors (Lipinski definition) is 11. The predicted octanol–water partition coefficient (Wildman–Crippen LogP) is 0.509. The molecule has 44 heteroatoms. The van der Waals surface area contributed by atoms with E-state index in [1.54, 1.807) is 13.8 Å². The summed E-state index contributed by atoms with van der Waals surface area (Å²) in [6, 6.07) is -1.11. The molecule has 0 spiro atoms. The van der Waals surface area contributed by atoms with Crippen molar-refractivity contribution in [2.75, 3.05) is 178 Å². The third-order valence-corrected chi connectivity index (χ3v) is 22.1. The number of aliphatic hydroxyl groups excluding tert-OH is 10. The van der Waals surface area contributed by atoms with Gasteiger partial charge in [0.15, 0.2) is 18.9 Å². The van der Waals surface area contributed by atoms with Gasteiger partial charge in [-0.3, -0.25) is 23.1 Å². The lowest BCUT2D eigenvalue weighted by molar-refractivity contribution is -0.282. The molecular formula is C69H133NO39P4-4. The Morgan fingerprint density at radius 2 is 0.681 bits per heavy atom. The molecule has 0 aromatic rings. The van der Waals surface area contributed by atoms with Gasteiger partial charge in [0, 0.05) is 90.7 Å². The molecule has 3 rings (SSSR count). The topological polar surface area (TPSA) is 577 Å². The normalized spacial score (nSPS) is 27.3. The Hall–Kier alpha value is -0.970. The van der Waals surface area contributed by atoms with Crippen LogP contribution in [-0.4, -0.2) is 315 Å². The maximum atomic E-state index is 13.4. The second-order valence-electron chi connectivity index (χ2n) is 28.7. The van der Waals surface area contributed by atoms with Crippen molar-refractivity contribution < 1.29 is 187 Å². The standard InChI is InChI=1S/C69H137NO39P4/c1-51(2)23-40-90-24-18-25-91-45-55(41-71)46-92-26-19-36-105-113(88,89)106-50-69(47-93-27-20-37-102-110(82,83)99-33-15-9-6-12-30-96-66-52(3)60(76)62(78)56(42-72)107-66,48-94-28-21-38-103-111(84,85)100-34-16-10-7-13-31-97-67-53(4)61(77)63(79)57(43-73)108-67)49-95-29-22-39-104-112(86,87)101-35-17-11-8-14-32-98-68-59(70-54(5)75)65(81)64(80)58(44-74)109-68/h51-53,55-68,71-74,76-81H,6-50H2,1-5H3,(H,70,75)(H,82,83)(H,84,85)(H,86,87)(H,88,89)/p-4/t52-,53-,55?,56?,57?,58?,59-,60?,61?,62-,63-,64-,65?,66+,67+,68+,69?/m0/s1. The number of rotatable bonds is 72. The van der Waals surface area contributed by atoms with Crippen molar-refractivity contribution in [2.45, 2.75) is 230 Å². The van der Waals surface area contributed by atoms with Crippen LogP contribution in [-0.2, 0) is 116 Å². The third-order valence-electron chi connectivity index (χ3n) is 18.2. The van der Waals surface area contributed by atoms with Crippen LogP contribution in [0.25, 0.3) is 0 Å². The molecule has 0 aromatic carbocycles. The van der Waals surface area contributed by atoms with E-state index in [2.05, 4.69) is 19.2 Å². The molecule has 3 aliphatic heterocycles. The number of carbonyl (C=O) groups is 1. The van der Waals surface area contributed by atoms with Crippen LogP contribution < -0.4 is 24.9 Å². The molecule has 0 aliphatic carbocycles. The van der Waals surface area contributed by atoms with Crippen LogP contribution >= 0.6 is 31.3 Å². The zero-order chi connectivity index (χ0) is 83.6. The molecule has 11 unspecified atom stereocenters. The van der Waals surface area contributed by atoms with Gasteiger partial charge in [-0.25, -0.2) is 0 Å². The summed E-state index contributed by atoms with van der Waals surface area (Å²) >= 11 is 0. The number of unbranched alkanes of at least 4 members (excludes halogenated alkanes) is 9. The van der Waals surface area contributed by atoms with E-state index in [0.29, 0.717) is 103 Å². The predicted molar refractivity (Wildman–Crippen MR) is 391 cm³/mol. The molecule has 672 valence electrons. The fourth-order valence-corrected chi connectivity index (χ4v) is 14.6. The maximum Gasteiger partial charge on any atom is 0.267 e. The number of nitrogens with one attached hydrogen (secondary N) is 1. The van der Waals surface area contributed by atoms with E-state index in [4.69, 9.17) is 93.0 Å². The molecule has 11 N–H and O–H groups in total. The van der Waals surface area contributed by atoms with Crippen molar-refractivity contribution in [1.82, 2.24) is 5.32 Å². The highest BCUT2D eigenvalue weighted by molar-refractivity contribution is 7.46. The van der Waals surface area contributed by atoms with Gasteiger partial charge >= 0.3 is 0 Å². The second kappa shape index (κ2) is 60.5. The van der Waals surface area contributed by atoms with Crippen molar-refractivity contribution in [1.29, 1.82) is 0 Å². The van der Waals surface area contributed by atoms with E-state index >= 15 is 0 Å². The average molecular weight is 1720 g/mol.